The number of benzene rings is 2. The minimum Gasteiger partial charge on any atom is -0.192 e. The van der Waals surface area contributed by atoms with Crippen molar-refractivity contribution < 1.29 is 0 Å². The van der Waals surface area contributed by atoms with Gasteiger partial charge in [-0.2, -0.15) is 5.26 Å². The van der Waals surface area contributed by atoms with Gasteiger partial charge in [0, 0.05) is 5.41 Å². The van der Waals surface area contributed by atoms with Crippen molar-refractivity contribution in [3.05, 3.63) is 83.4 Å². The Kier molecular flexibility index (Phi) is 3.39. The summed E-state index contributed by atoms with van der Waals surface area (Å²) in [5, 5.41) is 8.96. The summed E-state index contributed by atoms with van der Waals surface area (Å²) in [5.41, 5.74) is 3.47. The first-order valence-electron chi connectivity index (χ1n) is 7.06. The molecule has 20 heavy (non-hydrogen) atoms. The molecule has 0 saturated heterocycles. The second kappa shape index (κ2) is 5.35. The summed E-state index contributed by atoms with van der Waals surface area (Å²) in [6, 6.07) is 21.0. The lowest BCUT2D eigenvalue weighted by atomic mass is 9.67. The molecule has 0 heterocycles. The number of nitrogens with zero attached hydrogens (tertiary/aromatic N) is 1. The standard InChI is InChI=1S/C19H17N/c20-15-16-9-11-18(12-10-16)19(13-5-2-6-14-19)17-7-3-1-4-8-17/h1-5,7-12H,6,13-14H2. The van der Waals surface area contributed by atoms with Gasteiger partial charge < -0.3 is 0 Å². The summed E-state index contributed by atoms with van der Waals surface area (Å²) in [6.07, 6.45) is 7.82. The maximum Gasteiger partial charge on any atom is 0.0991 e. The van der Waals surface area contributed by atoms with E-state index < -0.39 is 0 Å². The fraction of sp³-hybridized carbons (Fsp3) is 0.211. The van der Waals surface area contributed by atoms with Crippen LogP contribution in [0.4, 0.5) is 0 Å². The molecule has 1 unspecified atom stereocenters. The lowest BCUT2D eigenvalue weighted by Gasteiger charge is -2.36. The van der Waals surface area contributed by atoms with Gasteiger partial charge in [0.2, 0.25) is 0 Å². The molecule has 0 aromatic heterocycles. The van der Waals surface area contributed by atoms with E-state index in [1.807, 2.05) is 12.1 Å². The summed E-state index contributed by atoms with van der Waals surface area (Å²) < 4.78 is 0. The molecule has 1 heteroatoms. The number of hydrogen-bond donors (Lipinski definition) is 0. The second-order valence-electron chi connectivity index (χ2n) is 5.35. The molecule has 0 amide bonds. The van der Waals surface area contributed by atoms with Gasteiger partial charge in [0.15, 0.2) is 0 Å². The maximum absolute atomic E-state index is 8.96. The smallest absolute Gasteiger partial charge is 0.0991 e. The van der Waals surface area contributed by atoms with Gasteiger partial charge in [0.25, 0.3) is 0 Å². The van der Waals surface area contributed by atoms with Crippen molar-refractivity contribution in [2.75, 3.05) is 0 Å². The average molecular weight is 259 g/mol. The summed E-state index contributed by atoms with van der Waals surface area (Å²) in [4.78, 5) is 0. The van der Waals surface area contributed by atoms with Gasteiger partial charge in [-0.25, -0.2) is 0 Å². The lowest BCUT2D eigenvalue weighted by molar-refractivity contribution is 0.465. The van der Waals surface area contributed by atoms with E-state index in [-0.39, 0.29) is 5.41 Å². The van der Waals surface area contributed by atoms with Crippen molar-refractivity contribution in [3.63, 3.8) is 0 Å². The first-order valence-corrected chi connectivity index (χ1v) is 7.06. The van der Waals surface area contributed by atoms with E-state index in [4.69, 9.17) is 5.26 Å². The molecule has 2 aromatic carbocycles. The highest BCUT2D eigenvalue weighted by Crippen LogP contribution is 2.42. The van der Waals surface area contributed by atoms with Crippen LogP contribution in [0.3, 0.4) is 0 Å². The van der Waals surface area contributed by atoms with Crippen LogP contribution < -0.4 is 0 Å². The Labute approximate surface area is 120 Å². The molecule has 98 valence electrons. The van der Waals surface area contributed by atoms with Crippen molar-refractivity contribution in [3.8, 4) is 6.07 Å². The molecule has 0 saturated carbocycles. The molecule has 3 rings (SSSR count). The minimum absolute atomic E-state index is 0.0595. The van der Waals surface area contributed by atoms with Crippen LogP contribution in [0.2, 0.25) is 0 Å². The van der Waals surface area contributed by atoms with Crippen molar-refractivity contribution in [2.24, 2.45) is 0 Å². The van der Waals surface area contributed by atoms with Crippen molar-refractivity contribution >= 4 is 0 Å². The van der Waals surface area contributed by atoms with E-state index in [1.165, 1.54) is 11.1 Å². The van der Waals surface area contributed by atoms with E-state index in [1.54, 1.807) is 0 Å². The zero-order valence-corrected chi connectivity index (χ0v) is 11.4. The normalized spacial score (nSPS) is 21.4. The molecule has 1 aliphatic rings. The molecule has 0 aliphatic heterocycles. The van der Waals surface area contributed by atoms with Gasteiger partial charge in [-0.15, -0.1) is 0 Å². The molecule has 2 aromatic rings. The quantitative estimate of drug-likeness (QED) is 0.724. The molecule has 0 N–H and O–H groups in total. The fourth-order valence-electron chi connectivity index (χ4n) is 3.15. The first-order chi connectivity index (χ1) is 9.85. The van der Waals surface area contributed by atoms with Gasteiger partial charge >= 0.3 is 0 Å². The van der Waals surface area contributed by atoms with Crippen LogP contribution in [0, 0.1) is 11.3 Å². The Hall–Kier alpha value is -2.33. The number of rotatable bonds is 2. The molecule has 0 bridgehead atoms. The Balaban J connectivity index is 2.10. The van der Waals surface area contributed by atoms with E-state index in [0.29, 0.717) is 0 Å². The number of nitriles is 1. The SMILES string of the molecule is N#Cc1ccc(C2(c3ccccc3)CC=CCC2)cc1. The monoisotopic (exact) mass is 259 g/mol. The topological polar surface area (TPSA) is 23.8 Å². The highest BCUT2D eigenvalue weighted by Gasteiger charge is 2.33. The second-order valence-corrected chi connectivity index (χ2v) is 5.35. The molecule has 1 aliphatic carbocycles. The Bertz CT molecular complexity index is 646. The van der Waals surface area contributed by atoms with Crippen LogP contribution in [0.5, 0.6) is 0 Å². The molecule has 1 nitrogen and oxygen atoms in total. The highest BCUT2D eigenvalue weighted by atomic mass is 14.4. The van der Waals surface area contributed by atoms with Crippen molar-refractivity contribution in [1.82, 2.24) is 0 Å². The molecule has 0 radical (unpaired) electrons. The van der Waals surface area contributed by atoms with Crippen LogP contribution in [-0.4, -0.2) is 0 Å². The van der Waals surface area contributed by atoms with Crippen LogP contribution in [0.25, 0.3) is 0 Å². The summed E-state index contributed by atoms with van der Waals surface area (Å²) in [7, 11) is 0. The van der Waals surface area contributed by atoms with Gasteiger partial charge in [0.1, 0.15) is 0 Å². The average Bonchev–Trinajstić information content (AvgIpc) is 2.56. The zero-order valence-electron chi connectivity index (χ0n) is 11.4. The Morgan fingerprint density at radius 2 is 1.55 bits per heavy atom. The van der Waals surface area contributed by atoms with E-state index in [2.05, 4.69) is 60.7 Å². The van der Waals surface area contributed by atoms with Crippen LogP contribution in [0.1, 0.15) is 36.0 Å². The zero-order chi connectivity index (χ0) is 13.8. The van der Waals surface area contributed by atoms with E-state index >= 15 is 0 Å². The first kappa shape index (κ1) is 12.7. The molecule has 0 spiro atoms. The molecule has 0 fully saturated rings. The predicted molar refractivity (Wildman–Crippen MR) is 81.4 cm³/mol. The van der Waals surface area contributed by atoms with Gasteiger partial charge in [0.05, 0.1) is 11.6 Å². The third-order valence-corrected chi connectivity index (χ3v) is 4.26. The van der Waals surface area contributed by atoms with Crippen LogP contribution >= 0.6 is 0 Å². The number of allylic oxidation sites excluding steroid dienone is 2. The van der Waals surface area contributed by atoms with Crippen LogP contribution in [0.15, 0.2) is 66.7 Å². The van der Waals surface area contributed by atoms with Gasteiger partial charge in [-0.3, -0.25) is 0 Å². The Morgan fingerprint density at radius 3 is 2.15 bits per heavy atom. The Morgan fingerprint density at radius 1 is 0.850 bits per heavy atom. The summed E-state index contributed by atoms with van der Waals surface area (Å²) in [6.45, 7) is 0. The third-order valence-electron chi connectivity index (χ3n) is 4.26. The van der Waals surface area contributed by atoms with E-state index in [9.17, 15) is 0 Å². The molecular weight excluding hydrogens is 242 g/mol. The van der Waals surface area contributed by atoms with Gasteiger partial charge in [-0.1, -0.05) is 54.6 Å². The van der Waals surface area contributed by atoms with Gasteiger partial charge in [-0.05, 0) is 42.5 Å². The fourth-order valence-corrected chi connectivity index (χ4v) is 3.15. The minimum atomic E-state index is 0.0595. The lowest BCUT2D eigenvalue weighted by Crippen LogP contribution is -2.28. The van der Waals surface area contributed by atoms with Crippen molar-refractivity contribution in [2.45, 2.75) is 24.7 Å². The van der Waals surface area contributed by atoms with Crippen molar-refractivity contribution in [1.29, 1.82) is 5.26 Å². The third kappa shape index (κ3) is 2.14. The van der Waals surface area contributed by atoms with E-state index in [0.717, 1.165) is 24.8 Å². The molecule has 1 atom stereocenters. The predicted octanol–water partition coefficient (Wildman–Crippen LogP) is 4.58. The summed E-state index contributed by atoms with van der Waals surface area (Å²) >= 11 is 0. The molecular formula is C19H17N. The van der Waals surface area contributed by atoms with Crippen LogP contribution in [-0.2, 0) is 5.41 Å². The summed E-state index contributed by atoms with van der Waals surface area (Å²) in [5.74, 6) is 0. The maximum atomic E-state index is 8.96. The number of hydrogen-bond acceptors (Lipinski definition) is 1. The highest BCUT2D eigenvalue weighted by molar-refractivity contribution is 5.43. The largest absolute Gasteiger partial charge is 0.192 e.